The lowest BCUT2D eigenvalue weighted by molar-refractivity contribution is -0.120. The topological polar surface area (TPSA) is 74.6 Å². The predicted molar refractivity (Wildman–Crippen MR) is 79.7 cm³/mol. The number of hydrogen-bond acceptors (Lipinski definition) is 2. The molecule has 1 aromatic rings. The molecular weight excluding hydrogens is 275 g/mol. The number of unbranched alkanes of at least 4 members (excludes halogenated alkanes) is 2. The Balaban J connectivity index is 2.14. The number of carbonyl (C=O) groups is 1. The summed E-state index contributed by atoms with van der Waals surface area (Å²) < 4.78 is 10.8. The number of ketones is 1. The summed E-state index contributed by atoms with van der Waals surface area (Å²) in [5.74, 6) is -0.597. The fourth-order valence-corrected chi connectivity index (χ4v) is 2.84. The molecule has 0 heterocycles. The molecule has 0 aliphatic heterocycles. The van der Waals surface area contributed by atoms with Crippen LogP contribution in [0.25, 0.3) is 0 Å². The van der Waals surface area contributed by atoms with E-state index in [1.54, 1.807) is 6.92 Å². The first-order valence-electron chi connectivity index (χ1n) is 6.99. The van der Waals surface area contributed by atoms with Gasteiger partial charge in [-0.05, 0) is 24.8 Å². The monoisotopic (exact) mass is 298 g/mol. The second kappa shape index (κ2) is 8.35. The fourth-order valence-electron chi connectivity index (χ4n) is 2.12. The van der Waals surface area contributed by atoms with E-state index in [4.69, 9.17) is 9.79 Å². The first-order valence-corrected chi connectivity index (χ1v) is 8.79. The van der Waals surface area contributed by atoms with Gasteiger partial charge in [0, 0.05) is 5.92 Å². The van der Waals surface area contributed by atoms with Gasteiger partial charge in [-0.3, -0.25) is 9.36 Å². The molecule has 0 saturated carbocycles. The lowest BCUT2D eigenvalue weighted by Gasteiger charge is -2.11. The molecule has 1 atom stereocenters. The van der Waals surface area contributed by atoms with Gasteiger partial charge in [-0.25, -0.2) is 0 Å². The third kappa shape index (κ3) is 7.59. The molecule has 4 nitrogen and oxygen atoms in total. The minimum absolute atomic E-state index is 0.264. The van der Waals surface area contributed by atoms with Gasteiger partial charge in [-0.2, -0.15) is 0 Å². The van der Waals surface area contributed by atoms with Gasteiger partial charge in [0.25, 0.3) is 0 Å². The molecule has 2 N–H and O–H groups in total. The van der Waals surface area contributed by atoms with E-state index in [1.807, 2.05) is 18.2 Å². The van der Waals surface area contributed by atoms with Gasteiger partial charge >= 0.3 is 7.60 Å². The van der Waals surface area contributed by atoms with E-state index < -0.39 is 13.8 Å². The largest absolute Gasteiger partial charge is 0.332 e. The van der Waals surface area contributed by atoms with Gasteiger partial charge in [0.2, 0.25) is 0 Å². The average molecular weight is 298 g/mol. The third-order valence-corrected chi connectivity index (χ3v) is 4.08. The van der Waals surface area contributed by atoms with E-state index in [0.717, 1.165) is 25.7 Å². The lowest BCUT2D eigenvalue weighted by atomic mass is 9.98. The van der Waals surface area contributed by atoms with E-state index in [2.05, 4.69) is 12.1 Å². The van der Waals surface area contributed by atoms with Crippen molar-refractivity contribution in [3.8, 4) is 0 Å². The zero-order chi connectivity index (χ0) is 15.0. The van der Waals surface area contributed by atoms with Crippen LogP contribution in [-0.4, -0.2) is 21.7 Å². The molecule has 0 aliphatic carbocycles. The maximum absolute atomic E-state index is 11.6. The van der Waals surface area contributed by atoms with Crippen molar-refractivity contribution in [2.45, 2.75) is 39.0 Å². The van der Waals surface area contributed by atoms with Gasteiger partial charge in [0.1, 0.15) is 11.9 Å². The zero-order valence-electron chi connectivity index (χ0n) is 11.9. The standard InChI is InChI=1S/C15H23O4P/c1-13(15(16)12-20(17,18)19)8-4-2-5-9-14-10-6-3-7-11-14/h3,6-7,10-11,13H,2,4-5,8-9,12H2,1H3,(H2,17,18,19)/t13-/m0/s1. The molecule has 0 aromatic heterocycles. The van der Waals surface area contributed by atoms with Gasteiger partial charge in [0.15, 0.2) is 0 Å². The van der Waals surface area contributed by atoms with Crippen molar-refractivity contribution in [3.63, 3.8) is 0 Å². The van der Waals surface area contributed by atoms with E-state index in [-0.39, 0.29) is 11.7 Å². The Morgan fingerprint density at radius 1 is 1.15 bits per heavy atom. The summed E-state index contributed by atoms with van der Waals surface area (Å²) in [6.45, 7) is 1.75. The highest BCUT2D eigenvalue weighted by molar-refractivity contribution is 7.52. The summed E-state index contributed by atoms with van der Waals surface area (Å²) in [5.41, 5.74) is 1.32. The summed E-state index contributed by atoms with van der Waals surface area (Å²) in [5, 5.41) is 0. The van der Waals surface area contributed by atoms with Gasteiger partial charge in [0.05, 0.1) is 0 Å². The van der Waals surface area contributed by atoms with Crippen molar-refractivity contribution in [2.75, 3.05) is 6.16 Å². The number of hydrogen-bond donors (Lipinski definition) is 2. The first kappa shape index (κ1) is 17.1. The van der Waals surface area contributed by atoms with Crippen LogP contribution in [0, 0.1) is 5.92 Å². The predicted octanol–water partition coefficient (Wildman–Crippen LogP) is 3.17. The molecule has 20 heavy (non-hydrogen) atoms. The van der Waals surface area contributed by atoms with Crippen LogP contribution in [0.1, 0.15) is 38.2 Å². The lowest BCUT2D eigenvalue weighted by Crippen LogP contribution is -2.15. The highest BCUT2D eigenvalue weighted by atomic mass is 31.2. The Labute approximate surface area is 120 Å². The van der Waals surface area contributed by atoms with Crippen molar-refractivity contribution >= 4 is 13.4 Å². The molecule has 0 saturated heterocycles. The number of benzene rings is 1. The van der Waals surface area contributed by atoms with Crippen LogP contribution in [0.4, 0.5) is 0 Å². The van der Waals surface area contributed by atoms with Crippen molar-refractivity contribution in [2.24, 2.45) is 5.92 Å². The van der Waals surface area contributed by atoms with Crippen molar-refractivity contribution < 1.29 is 19.1 Å². The van der Waals surface area contributed by atoms with E-state index in [0.29, 0.717) is 6.42 Å². The number of rotatable bonds is 9. The summed E-state index contributed by atoms with van der Waals surface area (Å²) in [7, 11) is -4.21. The number of carbonyl (C=O) groups excluding carboxylic acids is 1. The van der Waals surface area contributed by atoms with Crippen LogP contribution in [0.15, 0.2) is 30.3 Å². The third-order valence-electron chi connectivity index (χ3n) is 3.36. The summed E-state index contributed by atoms with van der Waals surface area (Å²) in [6.07, 6.45) is 4.13. The summed E-state index contributed by atoms with van der Waals surface area (Å²) in [4.78, 5) is 29.1. The summed E-state index contributed by atoms with van der Waals surface area (Å²) in [6, 6.07) is 10.3. The van der Waals surface area contributed by atoms with E-state index >= 15 is 0 Å². The first-order chi connectivity index (χ1) is 9.38. The van der Waals surface area contributed by atoms with Gasteiger partial charge in [-0.1, -0.05) is 50.1 Å². The van der Waals surface area contributed by atoms with Crippen LogP contribution in [0.2, 0.25) is 0 Å². The van der Waals surface area contributed by atoms with Crippen LogP contribution in [-0.2, 0) is 15.8 Å². The highest BCUT2D eigenvalue weighted by Gasteiger charge is 2.22. The average Bonchev–Trinajstić information content (AvgIpc) is 2.37. The Bertz CT molecular complexity index is 452. The molecule has 0 fully saturated rings. The SMILES string of the molecule is C[C@@H](CCCCCc1ccccc1)C(=O)CP(=O)(O)O. The van der Waals surface area contributed by atoms with Crippen LogP contribution < -0.4 is 0 Å². The molecule has 5 heteroatoms. The molecule has 1 aromatic carbocycles. The molecule has 0 spiro atoms. The Kier molecular flexibility index (Phi) is 7.14. The van der Waals surface area contributed by atoms with Crippen molar-refractivity contribution in [1.29, 1.82) is 0 Å². The summed E-state index contributed by atoms with van der Waals surface area (Å²) >= 11 is 0. The van der Waals surface area contributed by atoms with E-state index in [9.17, 15) is 9.36 Å². The smallest absolute Gasteiger partial charge is 0.324 e. The van der Waals surface area contributed by atoms with Crippen molar-refractivity contribution in [1.82, 2.24) is 0 Å². The minimum Gasteiger partial charge on any atom is -0.324 e. The highest BCUT2D eigenvalue weighted by Crippen LogP contribution is 2.35. The van der Waals surface area contributed by atoms with Crippen LogP contribution in [0.5, 0.6) is 0 Å². The molecule has 0 aliphatic rings. The molecule has 1 rings (SSSR count). The van der Waals surface area contributed by atoms with Crippen molar-refractivity contribution in [3.05, 3.63) is 35.9 Å². The second-order valence-electron chi connectivity index (χ2n) is 5.28. The Morgan fingerprint density at radius 2 is 1.80 bits per heavy atom. The molecule has 0 bridgehead atoms. The Hall–Kier alpha value is -0.960. The van der Waals surface area contributed by atoms with E-state index in [1.165, 1.54) is 5.56 Å². The number of Topliss-reactive ketones (excluding diaryl/α,β-unsaturated/α-hetero) is 1. The zero-order valence-corrected chi connectivity index (χ0v) is 12.8. The normalized spacial score (nSPS) is 13.2. The molecule has 0 amide bonds. The quantitative estimate of drug-likeness (QED) is 0.542. The maximum Gasteiger partial charge on any atom is 0.332 e. The van der Waals surface area contributed by atoms with Crippen LogP contribution in [0.3, 0.4) is 0 Å². The Morgan fingerprint density at radius 3 is 2.40 bits per heavy atom. The molecule has 112 valence electrons. The van der Waals surface area contributed by atoms with Gasteiger partial charge in [-0.15, -0.1) is 0 Å². The second-order valence-corrected chi connectivity index (χ2v) is 6.92. The fraction of sp³-hybridized carbons (Fsp3) is 0.533. The molecular formula is C15H23O4P. The van der Waals surface area contributed by atoms with Gasteiger partial charge < -0.3 is 9.79 Å². The number of aryl methyl sites for hydroxylation is 1. The minimum atomic E-state index is -4.21. The molecule has 0 radical (unpaired) electrons. The molecule has 0 unspecified atom stereocenters. The van der Waals surface area contributed by atoms with Crippen LogP contribution >= 0.6 is 7.60 Å². The maximum atomic E-state index is 11.6.